The second kappa shape index (κ2) is 21.6. The summed E-state index contributed by atoms with van der Waals surface area (Å²) >= 11 is 0. The van der Waals surface area contributed by atoms with E-state index in [1.807, 2.05) is 61.1 Å². The molecule has 376 valence electrons. The first-order valence-corrected chi connectivity index (χ1v) is 26.7. The summed E-state index contributed by atoms with van der Waals surface area (Å²) in [5.74, 6) is 0. The van der Waals surface area contributed by atoms with E-state index >= 15 is 0 Å². The molecule has 0 N–H and O–H groups in total. The molecule has 14 aromatic rings. The Morgan fingerprint density at radius 3 is 1.14 bits per heavy atom. The van der Waals surface area contributed by atoms with E-state index in [1.165, 1.54) is 32.3 Å². The minimum atomic E-state index is 0. The van der Waals surface area contributed by atoms with E-state index in [9.17, 15) is 0 Å². The fourth-order valence-corrected chi connectivity index (χ4v) is 11.4. The van der Waals surface area contributed by atoms with E-state index in [0.717, 1.165) is 117 Å². The van der Waals surface area contributed by atoms with E-state index in [2.05, 4.69) is 247 Å². The van der Waals surface area contributed by atoms with Crippen LogP contribution in [0.5, 0.6) is 0 Å². The molecule has 3 nitrogen and oxygen atoms in total. The van der Waals surface area contributed by atoms with Gasteiger partial charge in [-0.05, 0) is 138 Å². The molecule has 0 saturated heterocycles. The summed E-state index contributed by atoms with van der Waals surface area (Å²) in [4.78, 5) is 14.1. The number of aryl methyl sites for hydroxylation is 1. The Labute approximate surface area is 480 Å². The number of hydrogen-bond acceptors (Lipinski definition) is 3. The quantitative estimate of drug-likeness (QED) is 0.101. The molecule has 0 saturated carbocycles. The average Bonchev–Trinajstić information content (AvgIpc) is 3.65. The Balaban J connectivity index is 0.00000605. The summed E-state index contributed by atoms with van der Waals surface area (Å²) in [6.07, 6.45) is 5.54. The van der Waals surface area contributed by atoms with Gasteiger partial charge in [-0.25, -0.2) is 0 Å². The zero-order valence-corrected chi connectivity index (χ0v) is 46.1. The summed E-state index contributed by atoms with van der Waals surface area (Å²) in [6.45, 7) is 2.12. The second-order valence-corrected chi connectivity index (χ2v) is 20.1. The Morgan fingerprint density at radius 1 is 0.250 bits per heavy atom. The number of hydrogen-bond donors (Lipinski definition) is 0. The van der Waals surface area contributed by atoms with Crippen LogP contribution >= 0.6 is 0 Å². The molecule has 0 unspecified atom stereocenters. The molecule has 0 spiro atoms. The fourth-order valence-electron chi connectivity index (χ4n) is 11.4. The van der Waals surface area contributed by atoms with E-state index in [4.69, 9.17) is 4.98 Å². The van der Waals surface area contributed by atoms with Crippen molar-refractivity contribution in [2.45, 2.75) is 6.92 Å². The SMILES string of the molecule is Cc1ccnc(-c2[c-]cc(-c3ccccc3-c3cc(-c4ccccc4-c4c[c-]c(-c5ccccn5)cc4)cc(-c4ccccc4-c4c[c-]c(-c5ccccn5)cc4)c3)c(-c3ccc4c5ccccc5c5ccccc5c4c3)c2)c1.[Ir+3]. The van der Waals surface area contributed by atoms with Crippen molar-refractivity contribution in [3.63, 3.8) is 0 Å². The van der Waals surface area contributed by atoms with E-state index in [-0.39, 0.29) is 20.1 Å². The van der Waals surface area contributed by atoms with Gasteiger partial charge in [-0.2, -0.15) is 0 Å². The Morgan fingerprint density at radius 2 is 0.662 bits per heavy atom. The van der Waals surface area contributed by atoms with Crippen molar-refractivity contribution in [1.82, 2.24) is 15.0 Å². The van der Waals surface area contributed by atoms with Gasteiger partial charge < -0.3 is 15.0 Å². The van der Waals surface area contributed by atoms with Crippen molar-refractivity contribution >= 4 is 32.3 Å². The maximum absolute atomic E-state index is 4.87. The minimum Gasteiger partial charge on any atom is -0.305 e. The molecule has 0 fully saturated rings. The van der Waals surface area contributed by atoms with Crippen LogP contribution in [0, 0.1) is 25.1 Å². The normalized spacial score (nSPS) is 11.2. The maximum atomic E-state index is 4.87. The van der Waals surface area contributed by atoms with Gasteiger partial charge in [0.1, 0.15) is 0 Å². The van der Waals surface area contributed by atoms with Crippen molar-refractivity contribution in [2.75, 3.05) is 0 Å². The monoisotopic (exact) mass is 1200 g/mol. The predicted octanol–water partition coefficient (Wildman–Crippen LogP) is 19.7. The standard InChI is InChI=1S/C76H48N3.Ir/c1-50-40-43-79-76(44-50)56-37-39-70(72(49-56)55-36-38-71-68-24-9-8-22-66(68)67-23-10-11-25-69(67)73(71)48-55)65-21-7-6-20-64(65)59-46-57(62-18-4-2-16-60(62)51-28-32-53(33-29-51)74-26-12-14-41-77-74)45-58(47-59)63-19-5-3-17-61(63)52-30-34-54(35-31-52)75-27-13-15-42-78-75;/h2-32,34,36,38-49H,1H3;/q-3;+3. The molecule has 80 heavy (non-hydrogen) atoms. The van der Waals surface area contributed by atoms with E-state index in [0.29, 0.717) is 0 Å². The Hall–Kier alpha value is -9.70. The van der Waals surface area contributed by atoms with Crippen molar-refractivity contribution < 1.29 is 20.1 Å². The van der Waals surface area contributed by atoms with Gasteiger partial charge in [-0.1, -0.05) is 208 Å². The third kappa shape index (κ3) is 9.41. The zero-order chi connectivity index (χ0) is 52.7. The molecular weight excluding hydrogens is 1150 g/mol. The first-order valence-electron chi connectivity index (χ1n) is 26.7. The maximum Gasteiger partial charge on any atom is 3.00 e. The fraction of sp³-hybridized carbons (Fsp3) is 0.0132. The van der Waals surface area contributed by atoms with Gasteiger partial charge in [-0.3, -0.25) is 0 Å². The molecule has 0 aliphatic carbocycles. The summed E-state index contributed by atoms with van der Waals surface area (Å²) in [6, 6.07) is 102. The molecule has 0 amide bonds. The molecule has 0 aliphatic rings. The molecule has 0 bridgehead atoms. The molecule has 0 radical (unpaired) electrons. The molecule has 4 heteroatoms. The zero-order valence-electron chi connectivity index (χ0n) is 43.7. The van der Waals surface area contributed by atoms with Crippen LogP contribution in [-0.4, -0.2) is 15.0 Å². The van der Waals surface area contributed by atoms with Crippen molar-refractivity contribution in [2.24, 2.45) is 0 Å². The van der Waals surface area contributed by atoms with Crippen LogP contribution in [0.15, 0.2) is 273 Å². The number of aromatic nitrogens is 3. The number of nitrogens with zero attached hydrogens (tertiary/aromatic N) is 3. The van der Waals surface area contributed by atoms with Crippen molar-refractivity contribution in [3.8, 4) is 112 Å². The van der Waals surface area contributed by atoms with Gasteiger partial charge in [0.05, 0.1) is 0 Å². The molecule has 14 rings (SSSR count). The van der Waals surface area contributed by atoms with Gasteiger partial charge in [0.15, 0.2) is 0 Å². The van der Waals surface area contributed by atoms with Crippen LogP contribution < -0.4 is 0 Å². The molecule has 0 atom stereocenters. The molecule has 3 aromatic heterocycles. The number of pyridine rings is 3. The summed E-state index contributed by atoms with van der Waals surface area (Å²) in [5, 5.41) is 7.44. The summed E-state index contributed by atoms with van der Waals surface area (Å²) in [7, 11) is 0. The largest absolute Gasteiger partial charge is 3.00 e. The van der Waals surface area contributed by atoms with E-state index < -0.39 is 0 Å². The van der Waals surface area contributed by atoms with E-state index in [1.54, 1.807) is 0 Å². The predicted molar refractivity (Wildman–Crippen MR) is 328 cm³/mol. The van der Waals surface area contributed by atoms with Crippen molar-refractivity contribution in [1.29, 1.82) is 0 Å². The van der Waals surface area contributed by atoms with Crippen LogP contribution in [-0.2, 0) is 20.1 Å². The minimum absolute atomic E-state index is 0. The Bertz CT molecular complexity index is 4410. The molecule has 3 heterocycles. The van der Waals surface area contributed by atoms with Crippen LogP contribution in [0.25, 0.3) is 144 Å². The first kappa shape index (κ1) is 49.8. The third-order valence-electron chi connectivity index (χ3n) is 15.3. The topological polar surface area (TPSA) is 38.7 Å². The molecular formula is C76H48IrN3. The van der Waals surface area contributed by atoms with Crippen LogP contribution in [0.4, 0.5) is 0 Å². The Kier molecular flexibility index (Phi) is 13.5. The van der Waals surface area contributed by atoms with Gasteiger partial charge in [0, 0.05) is 18.6 Å². The van der Waals surface area contributed by atoms with Gasteiger partial charge in [0.2, 0.25) is 0 Å². The van der Waals surface area contributed by atoms with Gasteiger partial charge in [0.25, 0.3) is 0 Å². The molecule has 11 aromatic carbocycles. The summed E-state index contributed by atoms with van der Waals surface area (Å²) in [5.41, 5.74) is 22.1. The van der Waals surface area contributed by atoms with Gasteiger partial charge >= 0.3 is 20.1 Å². The van der Waals surface area contributed by atoms with Crippen LogP contribution in [0.3, 0.4) is 0 Å². The number of rotatable bonds is 10. The average molecular weight is 1200 g/mol. The van der Waals surface area contributed by atoms with Crippen LogP contribution in [0.1, 0.15) is 5.56 Å². The number of benzene rings is 11. The third-order valence-corrected chi connectivity index (χ3v) is 15.3. The number of fused-ring (bicyclic) bond motifs is 6. The summed E-state index contributed by atoms with van der Waals surface area (Å²) < 4.78 is 0. The van der Waals surface area contributed by atoms with Gasteiger partial charge in [-0.15, -0.1) is 83.4 Å². The van der Waals surface area contributed by atoms with Crippen LogP contribution in [0.2, 0.25) is 0 Å². The molecule has 0 aliphatic heterocycles. The first-order chi connectivity index (χ1) is 39.1. The smallest absolute Gasteiger partial charge is 0.305 e. The second-order valence-electron chi connectivity index (χ2n) is 20.1. The van der Waals surface area contributed by atoms with Crippen molar-refractivity contribution in [3.05, 3.63) is 297 Å².